The van der Waals surface area contributed by atoms with Crippen molar-refractivity contribution in [1.82, 2.24) is 5.43 Å². The number of benzene rings is 2. The van der Waals surface area contributed by atoms with Crippen molar-refractivity contribution in [2.24, 2.45) is 11.0 Å². The fourth-order valence-electron chi connectivity index (χ4n) is 3.06. The Morgan fingerprint density at radius 1 is 1.08 bits per heavy atom. The fourth-order valence-corrected chi connectivity index (χ4v) is 3.19. The Morgan fingerprint density at radius 3 is 2.27 bits per heavy atom. The van der Waals surface area contributed by atoms with Gasteiger partial charge in [-0.15, -0.1) is 0 Å². The molecule has 2 aromatic carbocycles. The van der Waals surface area contributed by atoms with Gasteiger partial charge in [0, 0.05) is 10.9 Å². The van der Waals surface area contributed by atoms with Crippen LogP contribution >= 0.6 is 11.6 Å². The molecule has 1 N–H and O–H groups in total. The van der Waals surface area contributed by atoms with E-state index in [2.05, 4.69) is 55.6 Å². The highest BCUT2D eigenvalue weighted by atomic mass is 35.5. The van der Waals surface area contributed by atoms with Gasteiger partial charge in [0.25, 0.3) is 0 Å². The van der Waals surface area contributed by atoms with Crippen LogP contribution in [0.1, 0.15) is 56.7 Å². The van der Waals surface area contributed by atoms with Gasteiger partial charge in [-0.05, 0) is 53.5 Å². The second-order valence-corrected chi connectivity index (χ2v) is 8.44. The predicted molar refractivity (Wildman–Crippen MR) is 108 cm³/mol. The van der Waals surface area contributed by atoms with Crippen LogP contribution in [0.25, 0.3) is 0 Å². The molecular weight excluding hydrogens is 344 g/mol. The lowest BCUT2D eigenvalue weighted by Crippen LogP contribution is -2.21. The van der Waals surface area contributed by atoms with Gasteiger partial charge < -0.3 is 0 Å². The molecule has 0 saturated heterocycles. The number of nitrogens with zero attached hydrogens (tertiary/aromatic N) is 1. The maximum absolute atomic E-state index is 12.4. The third-order valence-corrected chi connectivity index (χ3v) is 5.18. The van der Waals surface area contributed by atoms with Crippen molar-refractivity contribution in [2.75, 3.05) is 0 Å². The predicted octanol–water partition coefficient (Wildman–Crippen LogP) is 5.28. The van der Waals surface area contributed by atoms with Crippen molar-refractivity contribution in [2.45, 2.75) is 45.4 Å². The Kier molecular flexibility index (Phi) is 5.19. The van der Waals surface area contributed by atoms with E-state index >= 15 is 0 Å². The zero-order chi connectivity index (χ0) is 18.9. The van der Waals surface area contributed by atoms with Crippen LogP contribution in [0.2, 0.25) is 5.02 Å². The SMILES string of the molecule is C/C(=N\NC(=O)[C@H]1C[C@@H]1c1ccc(C(C)(C)C)cc1)c1ccc(Cl)cc1. The maximum atomic E-state index is 12.4. The van der Waals surface area contributed by atoms with Gasteiger partial charge in [0.15, 0.2) is 0 Å². The van der Waals surface area contributed by atoms with Gasteiger partial charge >= 0.3 is 0 Å². The lowest BCUT2D eigenvalue weighted by Gasteiger charge is -2.19. The number of nitrogens with one attached hydrogen (secondary N) is 1. The molecule has 0 heterocycles. The molecule has 0 bridgehead atoms. The van der Waals surface area contributed by atoms with Gasteiger partial charge in [-0.3, -0.25) is 4.79 Å². The highest BCUT2D eigenvalue weighted by Gasteiger charge is 2.44. The van der Waals surface area contributed by atoms with E-state index in [9.17, 15) is 4.79 Å². The maximum Gasteiger partial charge on any atom is 0.243 e. The Hall–Kier alpha value is -2.13. The van der Waals surface area contributed by atoms with Gasteiger partial charge in [-0.2, -0.15) is 5.10 Å². The minimum absolute atomic E-state index is 0.0109. The molecule has 1 fully saturated rings. The smallest absolute Gasteiger partial charge is 0.243 e. The first kappa shape index (κ1) is 18.7. The van der Waals surface area contributed by atoms with Crippen molar-refractivity contribution in [1.29, 1.82) is 0 Å². The summed E-state index contributed by atoms with van der Waals surface area (Å²) in [7, 11) is 0. The topological polar surface area (TPSA) is 41.5 Å². The van der Waals surface area contributed by atoms with Crippen LogP contribution in [0.15, 0.2) is 53.6 Å². The molecule has 3 rings (SSSR count). The van der Waals surface area contributed by atoms with Crippen LogP contribution in [0.5, 0.6) is 0 Å². The van der Waals surface area contributed by atoms with E-state index in [1.807, 2.05) is 31.2 Å². The summed E-state index contributed by atoms with van der Waals surface area (Å²) >= 11 is 5.89. The molecule has 2 aromatic rings. The Balaban J connectivity index is 1.59. The number of carbonyl (C=O) groups excluding carboxylic acids is 1. The van der Waals surface area contributed by atoms with Crippen LogP contribution in [0.4, 0.5) is 0 Å². The van der Waals surface area contributed by atoms with Crippen LogP contribution in [-0.4, -0.2) is 11.6 Å². The molecule has 1 aliphatic rings. The molecule has 4 heteroatoms. The van der Waals surface area contributed by atoms with E-state index in [1.165, 1.54) is 11.1 Å². The molecule has 136 valence electrons. The number of hydrazone groups is 1. The van der Waals surface area contributed by atoms with Crippen molar-refractivity contribution in [3.63, 3.8) is 0 Å². The van der Waals surface area contributed by atoms with E-state index in [0.29, 0.717) is 10.9 Å². The largest absolute Gasteiger partial charge is 0.273 e. The number of hydrogen-bond donors (Lipinski definition) is 1. The zero-order valence-corrected chi connectivity index (χ0v) is 16.5. The average molecular weight is 369 g/mol. The molecule has 1 saturated carbocycles. The lowest BCUT2D eigenvalue weighted by atomic mass is 9.86. The summed E-state index contributed by atoms with van der Waals surface area (Å²) in [5.41, 5.74) is 7.11. The first-order valence-electron chi connectivity index (χ1n) is 8.96. The van der Waals surface area contributed by atoms with Crippen molar-refractivity contribution in [3.05, 3.63) is 70.2 Å². The summed E-state index contributed by atoms with van der Waals surface area (Å²) in [6.45, 7) is 8.49. The van der Waals surface area contributed by atoms with Gasteiger partial charge in [-0.25, -0.2) is 5.43 Å². The molecule has 0 aromatic heterocycles. The fraction of sp³-hybridized carbons (Fsp3) is 0.364. The molecule has 1 aliphatic carbocycles. The summed E-state index contributed by atoms with van der Waals surface area (Å²) in [6.07, 6.45) is 0.885. The Bertz CT molecular complexity index is 817. The monoisotopic (exact) mass is 368 g/mol. The third-order valence-electron chi connectivity index (χ3n) is 4.93. The van der Waals surface area contributed by atoms with Crippen molar-refractivity contribution < 1.29 is 4.79 Å². The second-order valence-electron chi connectivity index (χ2n) is 8.00. The quantitative estimate of drug-likeness (QED) is 0.578. The number of carbonyl (C=O) groups is 1. The van der Waals surface area contributed by atoms with Crippen molar-refractivity contribution in [3.8, 4) is 0 Å². The second kappa shape index (κ2) is 7.24. The average Bonchev–Trinajstić information content (AvgIpc) is 3.40. The highest BCUT2D eigenvalue weighted by Crippen LogP contribution is 2.47. The van der Waals surface area contributed by atoms with Crippen LogP contribution in [0.3, 0.4) is 0 Å². The highest BCUT2D eigenvalue weighted by molar-refractivity contribution is 6.30. The van der Waals surface area contributed by atoms with Gasteiger partial charge in [-0.1, -0.05) is 68.8 Å². The molecule has 2 atom stereocenters. The summed E-state index contributed by atoms with van der Waals surface area (Å²) in [5.74, 6) is 0.301. The van der Waals surface area contributed by atoms with Crippen molar-refractivity contribution >= 4 is 23.2 Å². The van der Waals surface area contributed by atoms with Crippen LogP contribution < -0.4 is 5.43 Å². The van der Waals surface area contributed by atoms with E-state index in [1.54, 1.807) is 0 Å². The molecular formula is C22H25ClN2O. The first-order valence-corrected chi connectivity index (χ1v) is 9.34. The minimum atomic E-state index is -0.0109. The van der Waals surface area contributed by atoms with E-state index in [-0.39, 0.29) is 17.2 Å². The number of amides is 1. The number of hydrogen-bond acceptors (Lipinski definition) is 2. The standard InChI is InChI=1S/C22H25ClN2O/c1-14(15-7-11-18(23)12-8-15)24-25-21(26)20-13-19(20)16-5-9-17(10-6-16)22(2,3)4/h5-12,19-20H,13H2,1-4H3,(H,25,26)/b24-14+/t19-,20+/m1/s1. The van der Waals surface area contributed by atoms with Gasteiger partial charge in [0.2, 0.25) is 5.91 Å². The summed E-state index contributed by atoms with van der Waals surface area (Å²) in [5, 5.41) is 4.92. The van der Waals surface area contributed by atoms with Crippen LogP contribution in [-0.2, 0) is 10.2 Å². The number of halogens is 1. The summed E-state index contributed by atoms with van der Waals surface area (Å²) in [4.78, 5) is 12.4. The summed E-state index contributed by atoms with van der Waals surface area (Å²) < 4.78 is 0. The summed E-state index contributed by atoms with van der Waals surface area (Å²) in [6, 6.07) is 16.1. The lowest BCUT2D eigenvalue weighted by molar-refractivity contribution is -0.122. The van der Waals surface area contributed by atoms with E-state index < -0.39 is 0 Å². The Morgan fingerprint density at radius 2 is 1.69 bits per heavy atom. The minimum Gasteiger partial charge on any atom is -0.273 e. The molecule has 26 heavy (non-hydrogen) atoms. The van der Waals surface area contributed by atoms with E-state index in [0.717, 1.165) is 17.7 Å². The van der Waals surface area contributed by atoms with Crippen LogP contribution in [0, 0.1) is 5.92 Å². The van der Waals surface area contributed by atoms with Gasteiger partial charge in [0.05, 0.1) is 5.71 Å². The van der Waals surface area contributed by atoms with E-state index in [4.69, 9.17) is 11.6 Å². The molecule has 0 aliphatic heterocycles. The molecule has 0 spiro atoms. The molecule has 3 nitrogen and oxygen atoms in total. The molecule has 0 radical (unpaired) electrons. The normalized spacial score (nSPS) is 20.0. The first-order chi connectivity index (χ1) is 12.3. The zero-order valence-electron chi connectivity index (χ0n) is 15.7. The number of rotatable bonds is 4. The molecule has 1 amide bonds. The Labute approximate surface area is 160 Å². The third kappa shape index (κ3) is 4.34. The van der Waals surface area contributed by atoms with Gasteiger partial charge in [0.1, 0.15) is 0 Å². The molecule has 0 unspecified atom stereocenters.